The van der Waals surface area contributed by atoms with Gasteiger partial charge in [0.25, 0.3) is 0 Å². The average molecular weight is 370 g/mol. The van der Waals surface area contributed by atoms with E-state index in [9.17, 15) is 9.59 Å². The van der Waals surface area contributed by atoms with Crippen molar-refractivity contribution in [2.45, 2.75) is 33.7 Å². The first-order chi connectivity index (χ1) is 10.0. The van der Waals surface area contributed by atoms with E-state index < -0.39 is 6.04 Å². The molecule has 0 aliphatic heterocycles. The molecule has 6 heteroatoms. The molecular weight excluding hydrogens is 346 g/mol. The number of rotatable bonds is 4. The summed E-state index contributed by atoms with van der Waals surface area (Å²) in [5, 5.41) is 2.81. The van der Waals surface area contributed by atoms with Crippen molar-refractivity contribution < 1.29 is 9.59 Å². The summed E-state index contributed by atoms with van der Waals surface area (Å²) in [5.74, 6) is -0.488. The van der Waals surface area contributed by atoms with Crippen molar-refractivity contribution in [3.05, 3.63) is 28.2 Å². The van der Waals surface area contributed by atoms with Gasteiger partial charge in [0.05, 0.1) is 12.6 Å². The third-order valence-corrected chi connectivity index (χ3v) is 3.91. The molecule has 0 saturated heterocycles. The SMILES string of the molecule is Cc1cc(Br)ccc1NC(=O)CN(C)C(=O)[C@@H](N)C(C)(C)C. The van der Waals surface area contributed by atoms with Gasteiger partial charge in [0.15, 0.2) is 0 Å². The van der Waals surface area contributed by atoms with Crippen LogP contribution in [0.2, 0.25) is 0 Å². The molecule has 1 rings (SSSR count). The number of anilines is 1. The summed E-state index contributed by atoms with van der Waals surface area (Å²) < 4.78 is 0.950. The Morgan fingerprint density at radius 1 is 1.36 bits per heavy atom. The molecule has 0 spiro atoms. The monoisotopic (exact) mass is 369 g/mol. The molecule has 0 aliphatic carbocycles. The fourth-order valence-electron chi connectivity index (χ4n) is 1.86. The lowest BCUT2D eigenvalue weighted by Gasteiger charge is -2.29. The van der Waals surface area contributed by atoms with E-state index in [2.05, 4.69) is 21.2 Å². The van der Waals surface area contributed by atoms with Crippen LogP contribution in [0.3, 0.4) is 0 Å². The normalized spacial score (nSPS) is 12.7. The number of carbonyl (C=O) groups excluding carboxylic acids is 2. The number of nitrogens with two attached hydrogens (primary N) is 1. The van der Waals surface area contributed by atoms with Crippen molar-refractivity contribution in [3.8, 4) is 0 Å². The van der Waals surface area contributed by atoms with Gasteiger partial charge in [0.2, 0.25) is 11.8 Å². The van der Waals surface area contributed by atoms with E-state index in [1.807, 2.05) is 45.9 Å². The minimum Gasteiger partial charge on any atom is -0.335 e. The van der Waals surface area contributed by atoms with Crippen molar-refractivity contribution in [2.75, 3.05) is 18.9 Å². The molecule has 0 aliphatic rings. The van der Waals surface area contributed by atoms with E-state index in [0.29, 0.717) is 0 Å². The van der Waals surface area contributed by atoms with Gasteiger partial charge in [-0.2, -0.15) is 0 Å². The molecule has 1 aromatic rings. The largest absolute Gasteiger partial charge is 0.335 e. The number of likely N-dealkylation sites (N-methyl/N-ethyl adjacent to an activating group) is 1. The summed E-state index contributed by atoms with van der Waals surface area (Å²) in [6.07, 6.45) is 0. The molecule has 5 nitrogen and oxygen atoms in total. The topological polar surface area (TPSA) is 75.4 Å². The molecule has 22 heavy (non-hydrogen) atoms. The maximum absolute atomic E-state index is 12.2. The lowest BCUT2D eigenvalue weighted by Crippen LogP contribution is -2.50. The summed E-state index contributed by atoms with van der Waals surface area (Å²) in [4.78, 5) is 25.6. The summed E-state index contributed by atoms with van der Waals surface area (Å²) in [6, 6.07) is 4.95. The van der Waals surface area contributed by atoms with Gasteiger partial charge in [-0.1, -0.05) is 36.7 Å². The minimum absolute atomic E-state index is 0.0296. The number of aryl methyl sites for hydroxylation is 1. The summed E-state index contributed by atoms with van der Waals surface area (Å²) in [5.41, 5.74) is 7.27. The average Bonchev–Trinajstić information content (AvgIpc) is 2.39. The fraction of sp³-hybridized carbons (Fsp3) is 0.500. The standard InChI is InChI=1S/C16H24BrN3O2/c1-10-8-11(17)6-7-12(10)19-13(21)9-20(5)15(22)14(18)16(2,3)4/h6-8,14H,9,18H2,1-5H3,(H,19,21)/t14-/m1/s1. The van der Waals surface area contributed by atoms with E-state index in [1.54, 1.807) is 7.05 Å². The number of hydrogen-bond acceptors (Lipinski definition) is 3. The van der Waals surface area contributed by atoms with Gasteiger partial charge < -0.3 is 16.0 Å². The first-order valence-corrected chi connectivity index (χ1v) is 7.88. The van der Waals surface area contributed by atoms with E-state index in [0.717, 1.165) is 15.7 Å². The second-order valence-corrected chi connectivity index (χ2v) is 7.46. The number of nitrogens with zero attached hydrogens (tertiary/aromatic N) is 1. The molecule has 0 fully saturated rings. The Kier molecular flexibility index (Phi) is 6.14. The number of nitrogens with one attached hydrogen (secondary N) is 1. The van der Waals surface area contributed by atoms with Crippen LogP contribution in [0, 0.1) is 12.3 Å². The van der Waals surface area contributed by atoms with Crippen LogP contribution in [0.4, 0.5) is 5.69 Å². The van der Waals surface area contributed by atoms with Crippen molar-refractivity contribution >= 4 is 33.4 Å². The molecule has 122 valence electrons. The number of halogens is 1. The molecule has 0 bridgehead atoms. The van der Waals surface area contributed by atoms with Gasteiger partial charge in [-0.3, -0.25) is 9.59 Å². The van der Waals surface area contributed by atoms with Crippen molar-refractivity contribution in [2.24, 2.45) is 11.1 Å². The van der Waals surface area contributed by atoms with Crippen molar-refractivity contribution in [3.63, 3.8) is 0 Å². The molecule has 1 aromatic carbocycles. The Morgan fingerprint density at radius 3 is 2.45 bits per heavy atom. The zero-order chi connectivity index (χ0) is 17.1. The highest BCUT2D eigenvalue weighted by atomic mass is 79.9. The lowest BCUT2D eigenvalue weighted by atomic mass is 9.86. The maximum atomic E-state index is 12.2. The number of carbonyl (C=O) groups is 2. The Balaban J connectivity index is 2.66. The highest BCUT2D eigenvalue weighted by Gasteiger charge is 2.30. The van der Waals surface area contributed by atoms with Crippen LogP contribution in [0.1, 0.15) is 26.3 Å². The zero-order valence-electron chi connectivity index (χ0n) is 13.7. The lowest BCUT2D eigenvalue weighted by molar-refractivity contribution is -0.136. The molecule has 0 heterocycles. The second-order valence-electron chi connectivity index (χ2n) is 6.55. The molecule has 1 atom stereocenters. The number of hydrogen-bond donors (Lipinski definition) is 2. The summed E-state index contributed by atoms with van der Waals surface area (Å²) >= 11 is 3.38. The third-order valence-electron chi connectivity index (χ3n) is 3.42. The molecular formula is C16H24BrN3O2. The molecule has 0 unspecified atom stereocenters. The highest BCUT2D eigenvalue weighted by Crippen LogP contribution is 2.20. The van der Waals surface area contributed by atoms with Gasteiger partial charge in [0, 0.05) is 17.2 Å². The van der Waals surface area contributed by atoms with E-state index >= 15 is 0 Å². The Morgan fingerprint density at radius 2 is 1.95 bits per heavy atom. The van der Waals surface area contributed by atoms with E-state index in [4.69, 9.17) is 5.73 Å². The number of amides is 2. The molecule has 0 radical (unpaired) electrons. The predicted octanol–water partition coefficient (Wildman–Crippen LogP) is 2.53. The van der Waals surface area contributed by atoms with Gasteiger partial charge in [-0.15, -0.1) is 0 Å². The summed E-state index contributed by atoms with van der Waals surface area (Å²) in [7, 11) is 1.59. The Labute approximate surface area is 140 Å². The molecule has 0 saturated carbocycles. The van der Waals surface area contributed by atoms with Crippen LogP contribution >= 0.6 is 15.9 Å². The van der Waals surface area contributed by atoms with Crippen LogP contribution in [0.25, 0.3) is 0 Å². The summed E-state index contributed by atoms with van der Waals surface area (Å²) in [6.45, 7) is 7.57. The molecule has 2 amide bonds. The van der Waals surface area contributed by atoms with Crippen LogP contribution in [-0.2, 0) is 9.59 Å². The first kappa shape index (κ1) is 18.6. The highest BCUT2D eigenvalue weighted by molar-refractivity contribution is 9.10. The smallest absolute Gasteiger partial charge is 0.243 e. The fourth-order valence-corrected chi connectivity index (χ4v) is 2.33. The molecule has 3 N–H and O–H groups in total. The van der Waals surface area contributed by atoms with Crippen LogP contribution in [-0.4, -0.2) is 36.3 Å². The van der Waals surface area contributed by atoms with E-state index in [-0.39, 0.29) is 23.8 Å². The predicted molar refractivity (Wildman–Crippen MR) is 92.6 cm³/mol. The van der Waals surface area contributed by atoms with Crippen LogP contribution in [0.15, 0.2) is 22.7 Å². The molecule has 0 aromatic heterocycles. The minimum atomic E-state index is -0.639. The quantitative estimate of drug-likeness (QED) is 0.855. The maximum Gasteiger partial charge on any atom is 0.243 e. The van der Waals surface area contributed by atoms with Gasteiger partial charge in [-0.05, 0) is 36.1 Å². The zero-order valence-corrected chi connectivity index (χ0v) is 15.3. The van der Waals surface area contributed by atoms with Crippen molar-refractivity contribution in [1.82, 2.24) is 4.90 Å². The van der Waals surface area contributed by atoms with Gasteiger partial charge >= 0.3 is 0 Å². The Hall–Kier alpha value is -1.40. The third kappa shape index (κ3) is 5.10. The van der Waals surface area contributed by atoms with E-state index in [1.165, 1.54) is 4.90 Å². The van der Waals surface area contributed by atoms with Gasteiger partial charge in [-0.25, -0.2) is 0 Å². The van der Waals surface area contributed by atoms with Crippen LogP contribution in [0.5, 0.6) is 0 Å². The second kappa shape index (κ2) is 7.24. The van der Waals surface area contributed by atoms with Crippen molar-refractivity contribution in [1.29, 1.82) is 0 Å². The first-order valence-electron chi connectivity index (χ1n) is 7.09. The van der Waals surface area contributed by atoms with Gasteiger partial charge in [0.1, 0.15) is 0 Å². The Bertz CT molecular complexity index is 567. The van der Waals surface area contributed by atoms with Crippen LogP contribution < -0.4 is 11.1 Å². The number of benzene rings is 1.